The second-order valence-electron chi connectivity index (χ2n) is 7.47. The third-order valence-electron chi connectivity index (χ3n) is 5.22. The minimum atomic E-state index is -5.08. The number of piperidine rings is 1. The van der Waals surface area contributed by atoms with Crippen LogP contribution < -0.4 is 10.2 Å². The Morgan fingerprint density at radius 3 is 2.52 bits per heavy atom. The Hall–Kier alpha value is -1.95. The molecule has 4 rings (SSSR count). The van der Waals surface area contributed by atoms with Crippen LogP contribution in [0.15, 0.2) is 0 Å². The van der Waals surface area contributed by atoms with Gasteiger partial charge < -0.3 is 20.1 Å². The molecule has 0 bridgehead atoms. The first-order valence-corrected chi connectivity index (χ1v) is 10.2. The number of hydrogen-bond donors (Lipinski definition) is 2. The number of aromatic nitrogens is 2. The van der Waals surface area contributed by atoms with Crippen LogP contribution in [0.3, 0.4) is 0 Å². The zero-order valence-electron chi connectivity index (χ0n) is 15.8. The molecule has 3 fully saturated rings. The Bertz CT molecular complexity index is 741. The summed E-state index contributed by atoms with van der Waals surface area (Å²) in [5.41, 5.74) is 0. The van der Waals surface area contributed by atoms with Gasteiger partial charge in [-0.05, 0) is 32.1 Å². The number of nitrogens with one attached hydrogen (secondary N) is 1. The van der Waals surface area contributed by atoms with Crippen LogP contribution in [0.4, 0.5) is 18.3 Å². The quantitative estimate of drug-likeness (QED) is 0.742. The van der Waals surface area contributed by atoms with Gasteiger partial charge in [-0.15, -0.1) is 10.2 Å². The fraction of sp³-hybridized carbons (Fsp3) is 0.765. The first kappa shape index (κ1) is 21.8. The van der Waals surface area contributed by atoms with Gasteiger partial charge >= 0.3 is 12.1 Å². The maximum Gasteiger partial charge on any atom is 0.490 e. The first-order valence-electron chi connectivity index (χ1n) is 9.39. The predicted molar refractivity (Wildman–Crippen MR) is 97.6 cm³/mol. The van der Waals surface area contributed by atoms with Crippen LogP contribution in [0.1, 0.15) is 24.3 Å². The molecule has 0 aromatic carbocycles. The summed E-state index contributed by atoms with van der Waals surface area (Å²) in [7, 11) is 0. The lowest BCUT2D eigenvalue weighted by Gasteiger charge is -2.39. The second-order valence-corrected chi connectivity index (χ2v) is 8.63. The van der Waals surface area contributed by atoms with E-state index in [1.807, 2.05) is 6.92 Å². The number of carboxylic acids is 1. The molecule has 12 heteroatoms. The summed E-state index contributed by atoms with van der Waals surface area (Å²) in [6.45, 7) is 5.12. The van der Waals surface area contributed by atoms with E-state index in [4.69, 9.17) is 14.6 Å². The number of carbonyl (C=O) groups excluding carboxylic acids is 1. The summed E-state index contributed by atoms with van der Waals surface area (Å²) in [4.78, 5) is 23.7. The van der Waals surface area contributed by atoms with E-state index >= 15 is 0 Å². The van der Waals surface area contributed by atoms with Crippen molar-refractivity contribution in [1.29, 1.82) is 0 Å². The molecule has 0 spiro atoms. The molecule has 1 aromatic rings. The number of hydrogen-bond acceptors (Lipinski definition) is 7. The highest BCUT2D eigenvalue weighted by atomic mass is 32.1. The van der Waals surface area contributed by atoms with E-state index in [-0.39, 0.29) is 17.9 Å². The van der Waals surface area contributed by atoms with E-state index in [0.29, 0.717) is 11.8 Å². The largest absolute Gasteiger partial charge is 0.490 e. The van der Waals surface area contributed by atoms with Crippen molar-refractivity contribution in [2.75, 3.05) is 31.1 Å². The van der Waals surface area contributed by atoms with Gasteiger partial charge in [-0.3, -0.25) is 4.79 Å². The minimum absolute atomic E-state index is 0.00389. The van der Waals surface area contributed by atoms with E-state index in [9.17, 15) is 18.0 Å². The number of amides is 1. The average molecular weight is 436 g/mol. The van der Waals surface area contributed by atoms with Gasteiger partial charge in [0, 0.05) is 32.2 Å². The highest BCUT2D eigenvalue weighted by Crippen LogP contribution is 2.36. The van der Waals surface area contributed by atoms with Crippen molar-refractivity contribution in [3.8, 4) is 0 Å². The predicted octanol–water partition coefficient (Wildman–Crippen LogP) is 1.85. The molecule has 0 unspecified atom stereocenters. The Labute approximate surface area is 169 Å². The lowest BCUT2D eigenvalue weighted by atomic mass is 9.82. The van der Waals surface area contributed by atoms with Crippen molar-refractivity contribution in [2.45, 2.75) is 38.5 Å². The van der Waals surface area contributed by atoms with Gasteiger partial charge in [0.1, 0.15) is 5.01 Å². The van der Waals surface area contributed by atoms with Crippen LogP contribution in [-0.4, -0.2) is 65.7 Å². The zero-order valence-corrected chi connectivity index (χ0v) is 16.6. The second kappa shape index (κ2) is 8.82. The van der Waals surface area contributed by atoms with Gasteiger partial charge in [0.2, 0.25) is 11.0 Å². The molecule has 3 aliphatic rings. The molecule has 2 N–H and O–H groups in total. The van der Waals surface area contributed by atoms with Crippen LogP contribution in [0, 0.1) is 24.7 Å². The molecule has 8 nitrogen and oxygen atoms in total. The van der Waals surface area contributed by atoms with E-state index in [2.05, 4.69) is 20.4 Å². The average Bonchev–Trinajstić information content (AvgIpc) is 3.18. The number of fused-ring (bicyclic) bond motifs is 1. The molecular weight excluding hydrogens is 413 g/mol. The molecule has 1 aromatic heterocycles. The Morgan fingerprint density at radius 2 is 1.97 bits per heavy atom. The van der Waals surface area contributed by atoms with Crippen molar-refractivity contribution < 1.29 is 32.6 Å². The molecular formula is C17H23F3N4O4S. The number of rotatable bonds is 4. The smallest absolute Gasteiger partial charge is 0.475 e. The van der Waals surface area contributed by atoms with Crippen molar-refractivity contribution in [2.24, 2.45) is 17.8 Å². The van der Waals surface area contributed by atoms with Crippen LogP contribution in [0.25, 0.3) is 0 Å². The Balaban J connectivity index is 0.000000298. The molecule has 1 saturated carbocycles. The van der Waals surface area contributed by atoms with E-state index in [1.54, 1.807) is 11.3 Å². The number of ether oxygens (including phenoxy) is 1. The lowest BCUT2D eigenvalue weighted by Crippen LogP contribution is -2.53. The van der Waals surface area contributed by atoms with Gasteiger partial charge in [0.25, 0.3) is 0 Å². The fourth-order valence-corrected chi connectivity index (χ4v) is 4.23. The monoisotopic (exact) mass is 436 g/mol. The number of aryl methyl sites for hydroxylation is 1. The number of carbonyl (C=O) groups is 2. The van der Waals surface area contributed by atoms with Crippen molar-refractivity contribution in [1.82, 2.24) is 15.5 Å². The topological polar surface area (TPSA) is 105 Å². The number of alkyl halides is 3. The van der Waals surface area contributed by atoms with E-state index in [1.165, 1.54) is 12.8 Å². The van der Waals surface area contributed by atoms with Crippen LogP contribution in [-0.2, 0) is 14.3 Å². The van der Waals surface area contributed by atoms with Gasteiger partial charge in [-0.1, -0.05) is 11.3 Å². The fourth-order valence-electron chi connectivity index (χ4n) is 3.52. The van der Waals surface area contributed by atoms with Gasteiger partial charge in [-0.25, -0.2) is 4.79 Å². The summed E-state index contributed by atoms with van der Waals surface area (Å²) in [6, 6.07) is 0. The van der Waals surface area contributed by atoms with Crippen LogP contribution >= 0.6 is 11.3 Å². The van der Waals surface area contributed by atoms with Crippen LogP contribution in [0.5, 0.6) is 0 Å². The molecule has 1 aliphatic carbocycles. The molecule has 1 amide bonds. The third kappa shape index (κ3) is 5.78. The lowest BCUT2D eigenvalue weighted by molar-refractivity contribution is -0.192. The number of anilines is 1. The zero-order chi connectivity index (χ0) is 21.2. The molecule has 3 atom stereocenters. The summed E-state index contributed by atoms with van der Waals surface area (Å²) in [5, 5.41) is 20.5. The third-order valence-corrected chi connectivity index (χ3v) is 6.12. The highest BCUT2D eigenvalue weighted by Gasteiger charge is 2.44. The van der Waals surface area contributed by atoms with Crippen molar-refractivity contribution >= 4 is 28.3 Å². The summed E-state index contributed by atoms with van der Waals surface area (Å²) >= 11 is 1.59. The summed E-state index contributed by atoms with van der Waals surface area (Å²) in [6.07, 6.45) is -1.42. The molecule has 162 valence electrons. The van der Waals surface area contributed by atoms with Crippen molar-refractivity contribution in [3.63, 3.8) is 0 Å². The minimum Gasteiger partial charge on any atom is -0.475 e. The van der Waals surface area contributed by atoms with Gasteiger partial charge in [0.15, 0.2) is 0 Å². The first-order chi connectivity index (χ1) is 13.6. The number of nitrogens with zero attached hydrogens (tertiary/aromatic N) is 3. The highest BCUT2D eigenvalue weighted by molar-refractivity contribution is 7.15. The van der Waals surface area contributed by atoms with Gasteiger partial charge in [-0.2, -0.15) is 13.2 Å². The molecule has 2 aliphatic heterocycles. The van der Waals surface area contributed by atoms with Gasteiger partial charge in [0.05, 0.1) is 12.0 Å². The Kier molecular flexibility index (Phi) is 6.62. The standard InChI is InChI=1S/C15H22N4O2S.C2HF3O2/c1-9-17-18-15(22-9)19-7-12(11-4-5-21-13(11)8-19)14(20)16-6-10-2-3-10;3-2(4,5)1(6)7/h10-13H,2-8H2,1H3,(H,16,20);(H,6,7)/t11-,12-,13+;/m0./s1. The molecule has 3 heterocycles. The normalized spacial score (nSPS) is 26.3. The number of halogens is 3. The van der Waals surface area contributed by atoms with E-state index in [0.717, 1.165) is 42.8 Å². The number of aliphatic carboxylic acids is 1. The van der Waals surface area contributed by atoms with E-state index < -0.39 is 12.1 Å². The van der Waals surface area contributed by atoms with Crippen molar-refractivity contribution in [3.05, 3.63) is 5.01 Å². The summed E-state index contributed by atoms with van der Waals surface area (Å²) < 4.78 is 37.6. The SMILES string of the molecule is Cc1nnc(N2C[C@H](C(=O)NCC3CC3)[C@@H]3CCO[C@@H]3C2)s1.O=C(O)C(F)(F)F. The maximum absolute atomic E-state index is 12.6. The maximum atomic E-state index is 12.6. The van der Waals surface area contributed by atoms with Crippen LogP contribution in [0.2, 0.25) is 0 Å². The molecule has 0 radical (unpaired) electrons. The number of carboxylic acid groups (broad SMARTS) is 1. The molecule has 29 heavy (non-hydrogen) atoms. The Morgan fingerprint density at radius 1 is 1.28 bits per heavy atom. The molecule has 2 saturated heterocycles. The summed E-state index contributed by atoms with van der Waals surface area (Å²) in [5.74, 6) is -1.50.